The van der Waals surface area contributed by atoms with Crippen molar-refractivity contribution >= 4 is 34.6 Å². The number of carboxylic acid groups (broad SMARTS) is 1. The van der Waals surface area contributed by atoms with Crippen LogP contribution in [0.1, 0.15) is 44.2 Å². The lowest BCUT2D eigenvalue weighted by molar-refractivity contribution is -0.143. The lowest BCUT2D eigenvalue weighted by Gasteiger charge is -2.29. The van der Waals surface area contributed by atoms with Crippen LogP contribution >= 0.6 is 0 Å². The number of carbonyl (C=O) groups is 4. The van der Waals surface area contributed by atoms with E-state index < -0.39 is 42.0 Å². The van der Waals surface area contributed by atoms with Crippen LogP contribution in [-0.4, -0.2) is 69.4 Å². The van der Waals surface area contributed by atoms with Crippen LogP contribution in [-0.2, 0) is 32.0 Å². The van der Waals surface area contributed by atoms with Gasteiger partial charge in [0.1, 0.15) is 18.1 Å². The van der Waals surface area contributed by atoms with Gasteiger partial charge in [-0.25, -0.2) is 4.79 Å². The Morgan fingerprint density at radius 3 is 2.41 bits per heavy atom. The van der Waals surface area contributed by atoms with Gasteiger partial charge in [0.2, 0.25) is 17.7 Å². The molecular formula is C31H39N5O5. The number of rotatable bonds is 12. The number of aliphatic carboxylic acids is 1. The van der Waals surface area contributed by atoms with Crippen LogP contribution in [0.15, 0.2) is 60.8 Å². The number of H-pyrrole nitrogens is 1. The fourth-order valence-electron chi connectivity index (χ4n) is 5.44. The Morgan fingerprint density at radius 1 is 1.00 bits per heavy atom. The molecule has 1 aliphatic rings. The molecule has 2 heterocycles. The zero-order valence-corrected chi connectivity index (χ0v) is 23.5. The fourth-order valence-corrected chi connectivity index (χ4v) is 5.44. The molecule has 218 valence electrons. The van der Waals surface area contributed by atoms with Gasteiger partial charge in [-0.1, -0.05) is 62.4 Å². The van der Waals surface area contributed by atoms with E-state index in [1.54, 1.807) is 6.20 Å². The maximum atomic E-state index is 13.4. The first-order valence-corrected chi connectivity index (χ1v) is 14.1. The predicted molar refractivity (Wildman–Crippen MR) is 156 cm³/mol. The zero-order chi connectivity index (χ0) is 29.5. The average Bonchev–Trinajstić information content (AvgIpc) is 3.60. The Labute approximate surface area is 239 Å². The van der Waals surface area contributed by atoms with Crippen LogP contribution in [0.4, 0.5) is 0 Å². The largest absolute Gasteiger partial charge is 0.480 e. The molecule has 1 aliphatic heterocycles. The molecule has 10 heteroatoms. The average molecular weight is 562 g/mol. The molecule has 1 saturated heterocycles. The van der Waals surface area contributed by atoms with Gasteiger partial charge in [-0.05, 0) is 48.8 Å². The van der Waals surface area contributed by atoms with Crippen LogP contribution in [0, 0.1) is 5.92 Å². The molecular weight excluding hydrogens is 522 g/mol. The summed E-state index contributed by atoms with van der Waals surface area (Å²) in [5, 5.41) is 16.2. The number of hydrogen-bond donors (Lipinski definition) is 5. The van der Waals surface area contributed by atoms with E-state index in [9.17, 15) is 24.3 Å². The van der Waals surface area contributed by atoms with E-state index in [0.29, 0.717) is 32.2 Å². The second-order valence-electron chi connectivity index (χ2n) is 11.1. The summed E-state index contributed by atoms with van der Waals surface area (Å²) in [7, 11) is 0. The molecule has 10 nitrogen and oxygen atoms in total. The molecule has 3 aromatic rings. The Hall–Kier alpha value is -4.18. The first kappa shape index (κ1) is 29.8. The number of carboxylic acids is 1. The van der Waals surface area contributed by atoms with Crippen LogP contribution in [0.5, 0.6) is 0 Å². The minimum absolute atomic E-state index is 0.0450. The van der Waals surface area contributed by atoms with Gasteiger partial charge in [-0.2, -0.15) is 0 Å². The summed E-state index contributed by atoms with van der Waals surface area (Å²) in [6, 6.07) is 13.3. The van der Waals surface area contributed by atoms with Crippen molar-refractivity contribution in [3.8, 4) is 0 Å². The summed E-state index contributed by atoms with van der Waals surface area (Å²) in [6.07, 6.45) is 3.60. The number of nitrogens with one attached hydrogen (secondary N) is 3. The number of para-hydroxylation sites is 1. The molecule has 1 aromatic heterocycles. The van der Waals surface area contributed by atoms with Crippen molar-refractivity contribution in [1.29, 1.82) is 0 Å². The van der Waals surface area contributed by atoms with Gasteiger partial charge < -0.3 is 31.4 Å². The molecule has 4 atom stereocenters. The molecule has 0 spiro atoms. The Bertz CT molecular complexity index is 1370. The summed E-state index contributed by atoms with van der Waals surface area (Å²) >= 11 is 0. The third-order valence-corrected chi connectivity index (χ3v) is 7.51. The number of benzene rings is 2. The number of nitrogens with zero attached hydrogens (tertiary/aromatic N) is 1. The highest BCUT2D eigenvalue weighted by Crippen LogP contribution is 2.21. The monoisotopic (exact) mass is 561 g/mol. The standard InChI is InChI=1S/C31H39N5O5/c1-19(2)15-25(28(37)35-26(31(40)41)17-21-18-33-24-12-7-6-11-22(21)24)34-29(38)27-13-8-14-36(27)30(39)23(32)16-20-9-4-3-5-10-20/h3-7,9-12,18-19,23,25-27,33H,8,13-17,32H2,1-2H3,(H,34,38)(H,35,37)(H,40,41). The van der Waals surface area contributed by atoms with Crippen molar-refractivity contribution in [3.63, 3.8) is 0 Å². The third kappa shape index (κ3) is 7.52. The van der Waals surface area contributed by atoms with Crippen molar-refractivity contribution in [2.24, 2.45) is 11.7 Å². The van der Waals surface area contributed by atoms with Crippen molar-refractivity contribution in [2.75, 3.05) is 6.54 Å². The Balaban J connectivity index is 1.42. The second kappa shape index (κ2) is 13.5. The van der Waals surface area contributed by atoms with E-state index in [1.807, 2.05) is 68.4 Å². The van der Waals surface area contributed by atoms with Gasteiger partial charge in [-0.3, -0.25) is 14.4 Å². The Morgan fingerprint density at radius 2 is 1.71 bits per heavy atom. The van der Waals surface area contributed by atoms with E-state index in [4.69, 9.17) is 5.73 Å². The molecule has 4 rings (SSSR count). The van der Waals surface area contributed by atoms with Crippen LogP contribution < -0.4 is 16.4 Å². The van der Waals surface area contributed by atoms with Gasteiger partial charge in [0.15, 0.2) is 0 Å². The molecule has 4 unspecified atom stereocenters. The number of fused-ring (bicyclic) bond motifs is 1. The molecule has 6 N–H and O–H groups in total. The lowest BCUT2D eigenvalue weighted by Crippen LogP contribution is -2.57. The van der Waals surface area contributed by atoms with E-state index in [-0.39, 0.29) is 18.2 Å². The minimum Gasteiger partial charge on any atom is -0.480 e. The Kier molecular flexibility index (Phi) is 9.78. The molecule has 0 bridgehead atoms. The summed E-state index contributed by atoms with van der Waals surface area (Å²) in [5.41, 5.74) is 8.81. The molecule has 0 radical (unpaired) electrons. The van der Waals surface area contributed by atoms with E-state index in [2.05, 4.69) is 15.6 Å². The highest BCUT2D eigenvalue weighted by atomic mass is 16.4. The summed E-state index contributed by atoms with van der Waals surface area (Å²) < 4.78 is 0. The van der Waals surface area contributed by atoms with Crippen molar-refractivity contribution in [2.45, 2.75) is 70.1 Å². The summed E-state index contributed by atoms with van der Waals surface area (Å²) in [4.78, 5) is 56.7. The van der Waals surface area contributed by atoms with E-state index >= 15 is 0 Å². The SMILES string of the molecule is CC(C)CC(NC(=O)C1CCCN1C(=O)C(N)Cc1ccccc1)C(=O)NC(Cc1c[nH]c2ccccc12)C(=O)O. The molecule has 0 aliphatic carbocycles. The highest BCUT2D eigenvalue weighted by Gasteiger charge is 2.38. The quantitative estimate of drug-likeness (QED) is 0.228. The first-order chi connectivity index (χ1) is 19.6. The van der Waals surface area contributed by atoms with Crippen molar-refractivity contribution < 1.29 is 24.3 Å². The maximum Gasteiger partial charge on any atom is 0.326 e. The molecule has 0 saturated carbocycles. The lowest BCUT2D eigenvalue weighted by atomic mass is 10.0. The highest BCUT2D eigenvalue weighted by molar-refractivity contribution is 5.94. The smallest absolute Gasteiger partial charge is 0.326 e. The maximum absolute atomic E-state index is 13.4. The summed E-state index contributed by atoms with van der Waals surface area (Å²) in [6.45, 7) is 4.24. The van der Waals surface area contributed by atoms with E-state index in [1.165, 1.54) is 4.90 Å². The topological polar surface area (TPSA) is 158 Å². The second-order valence-corrected chi connectivity index (χ2v) is 11.1. The number of aromatic amines is 1. The van der Waals surface area contributed by atoms with Crippen LogP contribution in [0.2, 0.25) is 0 Å². The zero-order valence-electron chi connectivity index (χ0n) is 23.5. The number of likely N-dealkylation sites (tertiary alicyclic amines) is 1. The van der Waals surface area contributed by atoms with Gasteiger partial charge in [0.25, 0.3) is 0 Å². The third-order valence-electron chi connectivity index (χ3n) is 7.51. The first-order valence-electron chi connectivity index (χ1n) is 14.1. The van der Waals surface area contributed by atoms with Crippen molar-refractivity contribution in [1.82, 2.24) is 20.5 Å². The van der Waals surface area contributed by atoms with Crippen LogP contribution in [0.3, 0.4) is 0 Å². The van der Waals surface area contributed by atoms with Crippen LogP contribution in [0.25, 0.3) is 10.9 Å². The molecule has 2 aromatic carbocycles. The normalized spacial score (nSPS) is 17.3. The van der Waals surface area contributed by atoms with Gasteiger partial charge >= 0.3 is 5.97 Å². The number of amides is 3. The van der Waals surface area contributed by atoms with Gasteiger partial charge in [-0.15, -0.1) is 0 Å². The number of hydrogen-bond acceptors (Lipinski definition) is 5. The van der Waals surface area contributed by atoms with Gasteiger partial charge in [0, 0.05) is 30.1 Å². The van der Waals surface area contributed by atoms with Gasteiger partial charge in [0.05, 0.1) is 6.04 Å². The minimum atomic E-state index is -1.19. The molecule has 3 amide bonds. The fraction of sp³-hybridized carbons (Fsp3) is 0.419. The molecule has 1 fully saturated rings. The summed E-state index contributed by atoms with van der Waals surface area (Å²) in [5.74, 6) is -2.44. The number of nitrogens with two attached hydrogens (primary N) is 1. The number of aromatic nitrogens is 1. The van der Waals surface area contributed by atoms with E-state index in [0.717, 1.165) is 22.0 Å². The number of carbonyl (C=O) groups excluding carboxylic acids is 3. The predicted octanol–water partition coefficient (Wildman–Crippen LogP) is 2.37. The molecule has 41 heavy (non-hydrogen) atoms. The van der Waals surface area contributed by atoms with Crippen molar-refractivity contribution in [3.05, 3.63) is 71.9 Å².